The van der Waals surface area contributed by atoms with Gasteiger partial charge in [-0.2, -0.15) is 0 Å². The summed E-state index contributed by atoms with van der Waals surface area (Å²) in [5.74, 6) is 1.34. The number of hydrogen-bond acceptors (Lipinski definition) is 3. The van der Waals surface area contributed by atoms with E-state index in [0.29, 0.717) is 24.2 Å². The smallest absolute Gasteiger partial charge is 0.303 e. The number of hydrogen-bond donors (Lipinski definition) is 2. The lowest BCUT2D eigenvalue weighted by molar-refractivity contribution is -0.183. The van der Waals surface area contributed by atoms with E-state index in [0.717, 1.165) is 25.7 Å². The van der Waals surface area contributed by atoms with Crippen molar-refractivity contribution in [3.8, 4) is 0 Å². The molecule has 28 heavy (non-hydrogen) atoms. The number of ketones is 1. The lowest BCUT2D eigenvalue weighted by atomic mass is 9.43. The van der Waals surface area contributed by atoms with Crippen LogP contribution >= 0.6 is 0 Å². The fourth-order valence-corrected chi connectivity index (χ4v) is 8.60. The third kappa shape index (κ3) is 2.80. The highest BCUT2D eigenvalue weighted by atomic mass is 16.4. The van der Waals surface area contributed by atoms with Crippen LogP contribution in [0.3, 0.4) is 0 Å². The second-order valence-electron chi connectivity index (χ2n) is 11.0. The van der Waals surface area contributed by atoms with E-state index >= 15 is 0 Å². The Morgan fingerprint density at radius 1 is 1.14 bits per heavy atom. The summed E-state index contributed by atoms with van der Waals surface area (Å²) in [6.45, 7) is 6.63. The van der Waals surface area contributed by atoms with Crippen molar-refractivity contribution in [1.29, 1.82) is 0 Å². The van der Waals surface area contributed by atoms with E-state index in [1.807, 2.05) is 0 Å². The number of aliphatic hydroxyl groups is 1. The van der Waals surface area contributed by atoms with Crippen molar-refractivity contribution in [3.63, 3.8) is 0 Å². The molecule has 0 aromatic carbocycles. The van der Waals surface area contributed by atoms with Crippen molar-refractivity contribution in [2.24, 2.45) is 46.3 Å². The van der Waals surface area contributed by atoms with Gasteiger partial charge >= 0.3 is 5.97 Å². The minimum Gasteiger partial charge on any atom is -0.481 e. The summed E-state index contributed by atoms with van der Waals surface area (Å²) in [5, 5.41) is 20.5. The van der Waals surface area contributed by atoms with Crippen molar-refractivity contribution in [3.05, 3.63) is 0 Å². The first kappa shape index (κ1) is 20.4. The number of rotatable bonds is 4. The summed E-state index contributed by atoms with van der Waals surface area (Å²) in [6.07, 6.45) is 9.32. The molecule has 0 saturated heterocycles. The summed E-state index contributed by atoms with van der Waals surface area (Å²) >= 11 is 0. The van der Waals surface area contributed by atoms with Gasteiger partial charge in [-0.05, 0) is 80.0 Å². The Morgan fingerprint density at radius 3 is 2.61 bits per heavy atom. The second kappa shape index (κ2) is 7.11. The highest BCUT2D eigenvalue weighted by Crippen LogP contribution is 2.67. The van der Waals surface area contributed by atoms with Gasteiger partial charge in [-0.1, -0.05) is 33.6 Å². The Labute approximate surface area is 169 Å². The summed E-state index contributed by atoms with van der Waals surface area (Å²) in [6, 6.07) is 0. The van der Waals surface area contributed by atoms with Crippen molar-refractivity contribution in [1.82, 2.24) is 0 Å². The van der Waals surface area contributed by atoms with Crippen LogP contribution in [-0.2, 0) is 9.59 Å². The first-order valence-electron chi connectivity index (χ1n) is 11.6. The van der Waals surface area contributed by atoms with Gasteiger partial charge in [0.05, 0.1) is 0 Å². The molecule has 158 valence electrons. The predicted molar refractivity (Wildman–Crippen MR) is 108 cm³/mol. The molecule has 4 heteroatoms. The predicted octanol–water partition coefficient (Wildman–Crippen LogP) is 4.69. The maximum Gasteiger partial charge on any atom is 0.303 e. The van der Waals surface area contributed by atoms with Crippen LogP contribution in [0.1, 0.15) is 85.0 Å². The molecule has 4 aliphatic rings. The van der Waals surface area contributed by atoms with E-state index in [-0.39, 0.29) is 40.8 Å². The molecule has 4 fully saturated rings. The molecule has 4 rings (SSSR count). The van der Waals surface area contributed by atoms with Gasteiger partial charge in [-0.3, -0.25) is 9.59 Å². The molecule has 0 aromatic heterocycles. The molecule has 0 radical (unpaired) electrons. The minimum atomic E-state index is -0.879. The van der Waals surface area contributed by atoms with E-state index in [2.05, 4.69) is 20.8 Å². The second-order valence-corrected chi connectivity index (χ2v) is 11.0. The summed E-state index contributed by atoms with van der Waals surface area (Å²) in [5.41, 5.74) is -0.304. The molecule has 4 aliphatic carbocycles. The third-order valence-corrected chi connectivity index (χ3v) is 10.0. The maximum atomic E-state index is 13.7. The quantitative estimate of drug-likeness (QED) is 0.730. The standard InChI is InChI=1S/C24H38O4/c1-14(7-12-19(25)26)17-10-11-18-16-9-8-15-6-4-5-13-23(15,2)20(16)21(27)22(28)24(17,18)3/h14-18,20,22,28H,4-13H2,1-3H3,(H,25,26)/t14-,15+,16-,17+,18-,20+,22+,23-,24+/m0/s1. The van der Waals surface area contributed by atoms with E-state index < -0.39 is 12.1 Å². The van der Waals surface area contributed by atoms with E-state index in [1.165, 1.54) is 25.7 Å². The van der Waals surface area contributed by atoms with Crippen LogP contribution in [0.2, 0.25) is 0 Å². The first-order chi connectivity index (χ1) is 13.2. The van der Waals surface area contributed by atoms with Crippen molar-refractivity contribution >= 4 is 11.8 Å². The molecule has 2 N–H and O–H groups in total. The monoisotopic (exact) mass is 390 g/mol. The lowest BCUT2D eigenvalue weighted by Gasteiger charge is -2.61. The number of Topliss-reactive ketones (excluding diaryl/α,β-unsaturated/α-hetero) is 1. The molecule has 0 spiro atoms. The Balaban J connectivity index is 1.63. The minimum absolute atomic E-state index is 0.0349. The van der Waals surface area contributed by atoms with Crippen LogP contribution < -0.4 is 0 Å². The van der Waals surface area contributed by atoms with Crippen LogP contribution in [-0.4, -0.2) is 28.1 Å². The molecule has 0 amide bonds. The Bertz CT molecular complexity index is 645. The highest BCUT2D eigenvalue weighted by molar-refractivity contribution is 5.88. The van der Waals surface area contributed by atoms with Gasteiger partial charge in [0.2, 0.25) is 0 Å². The number of carbonyl (C=O) groups excluding carboxylic acids is 1. The van der Waals surface area contributed by atoms with Crippen LogP contribution in [0, 0.1) is 46.3 Å². The Kier molecular flexibility index (Phi) is 5.17. The van der Waals surface area contributed by atoms with Gasteiger partial charge in [0, 0.05) is 17.8 Å². The number of aliphatic carboxylic acids is 1. The average Bonchev–Trinajstić information content (AvgIpc) is 3.01. The van der Waals surface area contributed by atoms with Gasteiger partial charge < -0.3 is 10.2 Å². The Morgan fingerprint density at radius 2 is 1.89 bits per heavy atom. The zero-order valence-corrected chi connectivity index (χ0v) is 17.8. The summed E-state index contributed by atoms with van der Waals surface area (Å²) in [7, 11) is 0. The van der Waals surface area contributed by atoms with E-state index in [4.69, 9.17) is 5.11 Å². The maximum absolute atomic E-state index is 13.7. The fraction of sp³-hybridized carbons (Fsp3) is 0.917. The number of carbonyl (C=O) groups is 2. The van der Waals surface area contributed by atoms with E-state index in [9.17, 15) is 14.7 Å². The molecule has 4 nitrogen and oxygen atoms in total. The van der Waals surface area contributed by atoms with Crippen molar-refractivity contribution in [2.75, 3.05) is 0 Å². The zero-order chi connectivity index (χ0) is 20.3. The summed E-state index contributed by atoms with van der Waals surface area (Å²) < 4.78 is 0. The van der Waals surface area contributed by atoms with Crippen LogP contribution in [0.5, 0.6) is 0 Å². The largest absolute Gasteiger partial charge is 0.481 e. The van der Waals surface area contributed by atoms with E-state index in [1.54, 1.807) is 0 Å². The number of carboxylic acid groups (broad SMARTS) is 1. The van der Waals surface area contributed by atoms with Gasteiger partial charge in [0.1, 0.15) is 6.10 Å². The molecule has 0 aliphatic heterocycles. The fourth-order valence-electron chi connectivity index (χ4n) is 8.60. The topological polar surface area (TPSA) is 74.6 Å². The lowest BCUT2D eigenvalue weighted by Crippen LogP contribution is -2.63. The summed E-state index contributed by atoms with van der Waals surface area (Å²) in [4.78, 5) is 24.7. The third-order valence-electron chi connectivity index (χ3n) is 10.0. The van der Waals surface area contributed by atoms with Gasteiger partial charge in [-0.15, -0.1) is 0 Å². The number of fused-ring (bicyclic) bond motifs is 5. The SMILES string of the molecule is C[C@@H](CCC(=O)O)[C@H]1CC[C@H]2[C@@H]3CC[C@H]4CCCC[C@]4(C)[C@H]3C(=O)[C@@H](O)[C@]12C. The zero-order valence-electron chi connectivity index (χ0n) is 17.8. The molecular formula is C24H38O4. The molecular weight excluding hydrogens is 352 g/mol. The molecule has 4 saturated carbocycles. The van der Waals surface area contributed by atoms with Gasteiger partial charge in [-0.25, -0.2) is 0 Å². The van der Waals surface area contributed by atoms with Crippen molar-refractivity contribution in [2.45, 2.75) is 91.1 Å². The molecule has 0 heterocycles. The first-order valence-corrected chi connectivity index (χ1v) is 11.6. The Hall–Kier alpha value is -0.900. The van der Waals surface area contributed by atoms with Gasteiger partial charge in [0.15, 0.2) is 5.78 Å². The highest BCUT2D eigenvalue weighted by Gasteiger charge is 2.66. The van der Waals surface area contributed by atoms with Gasteiger partial charge in [0.25, 0.3) is 0 Å². The molecule has 0 aromatic rings. The van der Waals surface area contributed by atoms with Crippen molar-refractivity contribution < 1.29 is 19.8 Å². The molecule has 0 unspecified atom stereocenters. The molecule has 9 atom stereocenters. The number of carboxylic acids is 1. The van der Waals surface area contributed by atoms with Crippen LogP contribution in [0.25, 0.3) is 0 Å². The molecule has 0 bridgehead atoms. The number of aliphatic hydroxyl groups excluding tert-OH is 1. The average molecular weight is 391 g/mol. The van der Waals surface area contributed by atoms with Crippen LogP contribution in [0.15, 0.2) is 0 Å². The van der Waals surface area contributed by atoms with Crippen LogP contribution in [0.4, 0.5) is 0 Å². The normalized spacial score (nSPS) is 49.1.